The highest BCUT2D eigenvalue weighted by Crippen LogP contribution is 2.39. The van der Waals surface area contributed by atoms with Crippen molar-refractivity contribution in [3.05, 3.63) is 36.0 Å². The molecule has 5 rings (SSSR count). The molecular formula is C22H23F3N6O2. The van der Waals surface area contributed by atoms with Crippen molar-refractivity contribution in [2.75, 3.05) is 68.1 Å². The van der Waals surface area contributed by atoms with Gasteiger partial charge in [0.1, 0.15) is 11.6 Å². The van der Waals surface area contributed by atoms with Crippen molar-refractivity contribution in [2.45, 2.75) is 6.18 Å². The lowest BCUT2D eigenvalue weighted by molar-refractivity contribution is -0.137. The zero-order valence-corrected chi connectivity index (χ0v) is 17.8. The molecule has 4 heterocycles. The molecule has 8 nitrogen and oxygen atoms in total. The van der Waals surface area contributed by atoms with Gasteiger partial charge in [-0.1, -0.05) is 6.07 Å². The lowest BCUT2D eigenvalue weighted by Gasteiger charge is -2.31. The molecule has 2 fully saturated rings. The molecule has 0 radical (unpaired) electrons. The maximum atomic E-state index is 13.7. The van der Waals surface area contributed by atoms with E-state index in [-0.39, 0.29) is 11.4 Å². The summed E-state index contributed by atoms with van der Waals surface area (Å²) in [5.41, 5.74) is 5.59. The van der Waals surface area contributed by atoms with Crippen LogP contribution in [0.2, 0.25) is 0 Å². The summed E-state index contributed by atoms with van der Waals surface area (Å²) in [6.45, 7) is 4.96. The van der Waals surface area contributed by atoms with Gasteiger partial charge < -0.3 is 25.0 Å². The lowest BCUT2D eigenvalue weighted by Crippen LogP contribution is -2.39. The van der Waals surface area contributed by atoms with E-state index in [4.69, 9.17) is 25.2 Å². The summed E-state index contributed by atoms with van der Waals surface area (Å²) in [5, 5.41) is 0.773. The van der Waals surface area contributed by atoms with Crippen LogP contribution in [0.25, 0.3) is 22.0 Å². The Hall–Kier alpha value is -3.18. The molecule has 2 aromatic heterocycles. The SMILES string of the molecule is Nc1cc(C(F)(F)F)c(-c2ccc3c(N4CCOCC4)nc(N4CCOCC4)nc3c2)cn1. The van der Waals surface area contributed by atoms with Gasteiger partial charge in [0, 0.05) is 43.3 Å². The second-order valence-electron chi connectivity index (χ2n) is 7.93. The van der Waals surface area contributed by atoms with Crippen molar-refractivity contribution in [3.8, 4) is 11.1 Å². The highest BCUT2D eigenvalue weighted by atomic mass is 19.4. The van der Waals surface area contributed by atoms with Gasteiger partial charge in [0.2, 0.25) is 5.95 Å². The zero-order valence-electron chi connectivity index (χ0n) is 17.8. The smallest absolute Gasteiger partial charge is 0.384 e. The van der Waals surface area contributed by atoms with Gasteiger partial charge in [-0.2, -0.15) is 18.2 Å². The van der Waals surface area contributed by atoms with E-state index < -0.39 is 11.7 Å². The number of hydrogen-bond acceptors (Lipinski definition) is 8. The van der Waals surface area contributed by atoms with E-state index in [1.54, 1.807) is 18.2 Å². The van der Waals surface area contributed by atoms with Crippen molar-refractivity contribution in [3.63, 3.8) is 0 Å². The average molecular weight is 460 g/mol. The number of aromatic nitrogens is 3. The van der Waals surface area contributed by atoms with Crippen molar-refractivity contribution in [2.24, 2.45) is 0 Å². The molecule has 1 aromatic carbocycles. The number of rotatable bonds is 3. The van der Waals surface area contributed by atoms with Crippen LogP contribution in [0.4, 0.5) is 30.8 Å². The molecule has 2 N–H and O–H groups in total. The first kappa shape index (κ1) is 21.7. The molecule has 2 saturated heterocycles. The van der Waals surface area contributed by atoms with E-state index in [9.17, 15) is 13.2 Å². The normalized spacial score (nSPS) is 17.5. The topological polar surface area (TPSA) is 89.6 Å². The molecule has 0 amide bonds. The number of nitrogens with zero attached hydrogens (tertiary/aromatic N) is 5. The number of fused-ring (bicyclic) bond motifs is 1. The molecule has 11 heteroatoms. The van der Waals surface area contributed by atoms with E-state index in [0.29, 0.717) is 69.6 Å². The number of hydrogen-bond donors (Lipinski definition) is 1. The third kappa shape index (κ3) is 4.38. The van der Waals surface area contributed by atoms with Crippen LogP contribution in [-0.2, 0) is 15.7 Å². The maximum absolute atomic E-state index is 13.7. The summed E-state index contributed by atoms with van der Waals surface area (Å²) in [5.74, 6) is 1.11. The van der Waals surface area contributed by atoms with Gasteiger partial charge in [-0.3, -0.25) is 0 Å². The Morgan fingerprint density at radius 1 is 0.879 bits per heavy atom. The summed E-state index contributed by atoms with van der Waals surface area (Å²) >= 11 is 0. The Morgan fingerprint density at radius 3 is 2.21 bits per heavy atom. The predicted octanol–water partition coefficient (Wildman–Crippen LogP) is 2.97. The molecule has 2 aliphatic heterocycles. The highest BCUT2D eigenvalue weighted by Gasteiger charge is 2.34. The van der Waals surface area contributed by atoms with Gasteiger partial charge in [0.25, 0.3) is 0 Å². The second-order valence-corrected chi connectivity index (χ2v) is 7.93. The van der Waals surface area contributed by atoms with Crippen LogP contribution in [0, 0.1) is 0 Å². The highest BCUT2D eigenvalue weighted by molar-refractivity contribution is 5.94. The average Bonchev–Trinajstić information content (AvgIpc) is 2.83. The first-order chi connectivity index (χ1) is 15.9. The maximum Gasteiger partial charge on any atom is 0.417 e. The first-order valence-electron chi connectivity index (χ1n) is 10.7. The van der Waals surface area contributed by atoms with Gasteiger partial charge in [0.15, 0.2) is 0 Å². The molecule has 0 spiro atoms. The van der Waals surface area contributed by atoms with Gasteiger partial charge >= 0.3 is 6.18 Å². The van der Waals surface area contributed by atoms with Crippen molar-refractivity contribution in [1.29, 1.82) is 0 Å². The number of morpholine rings is 2. The number of pyridine rings is 1. The van der Waals surface area contributed by atoms with E-state index in [1.807, 2.05) is 4.90 Å². The minimum absolute atomic E-state index is 0.0435. The van der Waals surface area contributed by atoms with Crippen LogP contribution in [0.15, 0.2) is 30.5 Å². The van der Waals surface area contributed by atoms with Crippen LogP contribution < -0.4 is 15.5 Å². The standard InChI is InChI=1S/C22H23F3N6O2/c23-22(24,25)17-12-19(26)27-13-16(17)14-1-2-15-18(11-14)28-21(31-5-9-33-10-6-31)29-20(15)30-3-7-32-8-4-30/h1-2,11-13H,3-10H2,(H2,26,27). The fourth-order valence-electron chi connectivity index (χ4n) is 4.13. The van der Waals surface area contributed by atoms with Crippen LogP contribution in [0.5, 0.6) is 0 Å². The monoisotopic (exact) mass is 460 g/mol. The first-order valence-corrected chi connectivity index (χ1v) is 10.7. The summed E-state index contributed by atoms with van der Waals surface area (Å²) in [6.07, 6.45) is -3.41. The third-order valence-electron chi connectivity index (χ3n) is 5.81. The molecule has 2 aliphatic rings. The molecule has 0 saturated carbocycles. The van der Waals surface area contributed by atoms with Crippen LogP contribution in [0.1, 0.15) is 5.56 Å². The Balaban J connectivity index is 1.65. The second kappa shape index (κ2) is 8.64. The molecule has 3 aromatic rings. The Morgan fingerprint density at radius 2 is 1.55 bits per heavy atom. The van der Waals surface area contributed by atoms with Crippen molar-refractivity contribution in [1.82, 2.24) is 15.0 Å². The summed E-state index contributed by atoms with van der Waals surface area (Å²) in [4.78, 5) is 17.6. The van der Waals surface area contributed by atoms with Gasteiger partial charge in [-0.15, -0.1) is 0 Å². The van der Waals surface area contributed by atoms with Crippen LogP contribution in [-0.4, -0.2) is 67.6 Å². The number of nitrogens with two attached hydrogens (primary N) is 1. The summed E-state index contributed by atoms with van der Waals surface area (Å²) in [6, 6.07) is 5.94. The third-order valence-corrected chi connectivity index (χ3v) is 5.81. The molecule has 0 unspecified atom stereocenters. The Kier molecular flexibility index (Phi) is 5.67. The quantitative estimate of drug-likeness (QED) is 0.638. The number of nitrogen functional groups attached to an aromatic ring is 1. The van der Waals surface area contributed by atoms with Crippen molar-refractivity contribution < 1.29 is 22.6 Å². The number of ether oxygens (including phenoxy) is 2. The molecule has 174 valence electrons. The number of alkyl halides is 3. The fourth-order valence-corrected chi connectivity index (χ4v) is 4.13. The van der Waals surface area contributed by atoms with Crippen LogP contribution >= 0.6 is 0 Å². The number of anilines is 3. The largest absolute Gasteiger partial charge is 0.417 e. The van der Waals surface area contributed by atoms with E-state index >= 15 is 0 Å². The van der Waals surface area contributed by atoms with E-state index in [1.165, 1.54) is 0 Å². The van der Waals surface area contributed by atoms with Crippen molar-refractivity contribution >= 4 is 28.5 Å². The summed E-state index contributed by atoms with van der Waals surface area (Å²) in [7, 11) is 0. The predicted molar refractivity (Wildman–Crippen MR) is 118 cm³/mol. The Bertz CT molecular complexity index is 1160. The van der Waals surface area contributed by atoms with Gasteiger partial charge in [-0.25, -0.2) is 9.97 Å². The minimum Gasteiger partial charge on any atom is -0.384 e. The molecule has 0 atom stereocenters. The molecule has 0 aliphatic carbocycles. The Labute approximate surface area is 188 Å². The van der Waals surface area contributed by atoms with E-state index in [0.717, 1.165) is 23.5 Å². The minimum atomic E-state index is -4.56. The molecular weight excluding hydrogens is 437 g/mol. The molecule has 33 heavy (non-hydrogen) atoms. The van der Waals surface area contributed by atoms with Gasteiger partial charge in [0.05, 0.1) is 37.5 Å². The lowest BCUT2D eigenvalue weighted by atomic mass is 10.00. The van der Waals surface area contributed by atoms with Gasteiger partial charge in [-0.05, 0) is 23.8 Å². The summed E-state index contributed by atoms with van der Waals surface area (Å²) < 4.78 is 52.0. The number of halogens is 3. The van der Waals surface area contributed by atoms with E-state index in [2.05, 4.69) is 9.88 Å². The zero-order chi connectivity index (χ0) is 23.0. The molecule has 0 bridgehead atoms. The number of benzene rings is 1. The van der Waals surface area contributed by atoms with Crippen LogP contribution in [0.3, 0.4) is 0 Å². The fraction of sp³-hybridized carbons (Fsp3) is 0.409.